The lowest BCUT2D eigenvalue weighted by Crippen LogP contribution is -2.10. The number of methoxy groups -OCH3 is 1. The first-order valence-corrected chi connectivity index (χ1v) is 6.47. The van der Waals surface area contributed by atoms with Crippen LogP contribution in [0.2, 0.25) is 0 Å². The van der Waals surface area contributed by atoms with E-state index in [1.165, 1.54) is 18.2 Å². The summed E-state index contributed by atoms with van der Waals surface area (Å²) in [5.74, 6) is -0.287. The van der Waals surface area contributed by atoms with E-state index in [1.807, 2.05) is 0 Å². The molecular formula is C11H16FNO3S. The highest BCUT2D eigenvalue weighted by atomic mass is 32.2. The Bertz CT molecular complexity index is 387. The number of nitrogen functional groups attached to an aromatic ring is 1. The Morgan fingerprint density at radius 2 is 2.12 bits per heavy atom. The summed E-state index contributed by atoms with van der Waals surface area (Å²) in [6.45, 7) is 1.24. The van der Waals surface area contributed by atoms with Crippen LogP contribution in [0.5, 0.6) is 0 Å². The van der Waals surface area contributed by atoms with Gasteiger partial charge >= 0.3 is 0 Å². The Hall–Kier alpha value is -0.980. The van der Waals surface area contributed by atoms with Crippen LogP contribution < -0.4 is 5.73 Å². The molecule has 1 unspecified atom stereocenters. The first kappa shape index (κ1) is 14.1. The van der Waals surface area contributed by atoms with Gasteiger partial charge in [-0.05, 0) is 18.2 Å². The van der Waals surface area contributed by atoms with Gasteiger partial charge in [0.15, 0.2) is 0 Å². The Balaban J connectivity index is 2.42. The van der Waals surface area contributed by atoms with Crippen LogP contribution in [-0.2, 0) is 20.3 Å². The van der Waals surface area contributed by atoms with Gasteiger partial charge in [-0.2, -0.15) is 0 Å². The van der Waals surface area contributed by atoms with Crippen molar-refractivity contribution in [1.29, 1.82) is 0 Å². The zero-order chi connectivity index (χ0) is 12.7. The molecular weight excluding hydrogens is 245 g/mol. The van der Waals surface area contributed by atoms with E-state index < -0.39 is 16.6 Å². The standard InChI is InChI=1S/C11H16FNO3S/c1-15-4-5-16-6-7-17(14)11-3-2-9(13)8-10(11)12/h2-3,8H,4-7,13H2,1H3. The number of ether oxygens (including phenoxy) is 2. The van der Waals surface area contributed by atoms with E-state index in [0.717, 1.165) is 0 Å². The molecule has 0 amide bonds. The first-order valence-electron chi connectivity index (χ1n) is 5.15. The molecule has 6 heteroatoms. The van der Waals surface area contributed by atoms with E-state index in [1.54, 1.807) is 7.11 Å². The van der Waals surface area contributed by atoms with Gasteiger partial charge in [-0.1, -0.05) is 0 Å². The third-order valence-electron chi connectivity index (χ3n) is 2.05. The molecule has 1 rings (SSSR count). The number of hydrogen-bond acceptors (Lipinski definition) is 4. The molecule has 0 aliphatic heterocycles. The second-order valence-corrected chi connectivity index (χ2v) is 4.88. The molecule has 0 aliphatic rings. The van der Waals surface area contributed by atoms with E-state index in [4.69, 9.17) is 15.2 Å². The van der Waals surface area contributed by atoms with Crippen LogP contribution in [0.4, 0.5) is 10.1 Å². The summed E-state index contributed by atoms with van der Waals surface area (Å²) in [6, 6.07) is 4.14. The van der Waals surface area contributed by atoms with E-state index in [-0.39, 0.29) is 10.6 Å². The van der Waals surface area contributed by atoms with Gasteiger partial charge in [-0.15, -0.1) is 0 Å². The van der Waals surface area contributed by atoms with Crippen molar-refractivity contribution < 1.29 is 18.1 Å². The first-order chi connectivity index (χ1) is 8.15. The van der Waals surface area contributed by atoms with Crippen molar-refractivity contribution >= 4 is 16.5 Å². The van der Waals surface area contributed by atoms with Gasteiger partial charge in [0.25, 0.3) is 0 Å². The largest absolute Gasteiger partial charge is 0.399 e. The highest BCUT2D eigenvalue weighted by molar-refractivity contribution is 7.85. The molecule has 0 saturated carbocycles. The SMILES string of the molecule is COCCOCCS(=O)c1ccc(N)cc1F. The highest BCUT2D eigenvalue weighted by Crippen LogP contribution is 2.15. The summed E-state index contributed by atoms with van der Waals surface area (Å²) >= 11 is 0. The lowest BCUT2D eigenvalue weighted by Gasteiger charge is -2.05. The normalized spacial score (nSPS) is 12.6. The van der Waals surface area contributed by atoms with Gasteiger partial charge in [-0.25, -0.2) is 4.39 Å². The third kappa shape index (κ3) is 4.80. The molecule has 0 spiro atoms. The van der Waals surface area contributed by atoms with E-state index >= 15 is 0 Å². The molecule has 1 atom stereocenters. The zero-order valence-corrected chi connectivity index (χ0v) is 10.5. The molecule has 0 fully saturated rings. The van der Waals surface area contributed by atoms with Gasteiger partial charge in [0, 0.05) is 12.8 Å². The van der Waals surface area contributed by atoms with E-state index in [9.17, 15) is 8.60 Å². The molecule has 2 N–H and O–H groups in total. The van der Waals surface area contributed by atoms with Crippen LogP contribution >= 0.6 is 0 Å². The topological polar surface area (TPSA) is 61.5 Å². The predicted octanol–water partition coefficient (Wildman–Crippen LogP) is 1.18. The zero-order valence-electron chi connectivity index (χ0n) is 9.65. The highest BCUT2D eigenvalue weighted by Gasteiger charge is 2.09. The smallest absolute Gasteiger partial charge is 0.141 e. The molecule has 96 valence electrons. The summed E-state index contributed by atoms with van der Waals surface area (Å²) in [5.41, 5.74) is 5.72. The van der Waals surface area contributed by atoms with Crippen LogP contribution in [0, 0.1) is 5.82 Å². The van der Waals surface area contributed by atoms with Crippen molar-refractivity contribution in [3.8, 4) is 0 Å². The molecule has 1 aromatic carbocycles. The molecule has 17 heavy (non-hydrogen) atoms. The van der Waals surface area contributed by atoms with E-state index in [0.29, 0.717) is 25.5 Å². The fourth-order valence-electron chi connectivity index (χ4n) is 1.19. The second kappa shape index (κ2) is 7.37. The number of hydrogen-bond donors (Lipinski definition) is 1. The number of benzene rings is 1. The third-order valence-corrected chi connectivity index (χ3v) is 3.41. The average Bonchev–Trinajstić information content (AvgIpc) is 2.28. The van der Waals surface area contributed by atoms with Gasteiger partial charge in [0.05, 0.1) is 41.3 Å². The van der Waals surface area contributed by atoms with Gasteiger partial charge < -0.3 is 15.2 Å². The minimum atomic E-state index is -1.41. The molecule has 0 saturated heterocycles. The molecule has 0 bridgehead atoms. The van der Waals surface area contributed by atoms with Gasteiger partial charge in [-0.3, -0.25) is 4.21 Å². The molecule has 0 aliphatic carbocycles. The number of rotatable bonds is 7. The van der Waals surface area contributed by atoms with Crippen LogP contribution in [0.3, 0.4) is 0 Å². The van der Waals surface area contributed by atoms with Gasteiger partial charge in [0.1, 0.15) is 5.82 Å². The van der Waals surface area contributed by atoms with Crippen molar-refractivity contribution in [3.63, 3.8) is 0 Å². The summed E-state index contributed by atoms with van der Waals surface area (Å²) in [4.78, 5) is 0.162. The molecule has 4 nitrogen and oxygen atoms in total. The molecule has 1 aromatic rings. The van der Waals surface area contributed by atoms with Crippen molar-refractivity contribution in [3.05, 3.63) is 24.0 Å². The average molecular weight is 261 g/mol. The van der Waals surface area contributed by atoms with Crippen LogP contribution in [-0.4, -0.2) is 36.9 Å². The molecule has 0 aromatic heterocycles. The maximum Gasteiger partial charge on any atom is 0.141 e. The minimum Gasteiger partial charge on any atom is -0.399 e. The Morgan fingerprint density at radius 1 is 1.35 bits per heavy atom. The Morgan fingerprint density at radius 3 is 2.76 bits per heavy atom. The summed E-state index contributed by atoms with van der Waals surface area (Å²) in [5, 5.41) is 0. The number of halogens is 1. The fourth-order valence-corrected chi connectivity index (χ4v) is 2.18. The van der Waals surface area contributed by atoms with Crippen molar-refractivity contribution in [2.45, 2.75) is 4.90 Å². The monoisotopic (exact) mass is 261 g/mol. The second-order valence-electron chi connectivity index (χ2n) is 3.34. The lowest BCUT2D eigenvalue weighted by atomic mass is 10.3. The minimum absolute atomic E-state index is 0.162. The van der Waals surface area contributed by atoms with Crippen molar-refractivity contribution in [2.24, 2.45) is 0 Å². The Labute approximate surface area is 102 Å². The molecule has 0 radical (unpaired) electrons. The van der Waals surface area contributed by atoms with Crippen molar-refractivity contribution in [2.75, 3.05) is 38.4 Å². The summed E-state index contributed by atoms with van der Waals surface area (Å²) in [7, 11) is 0.170. The predicted molar refractivity (Wildman–Crippen MR) is 64.8 cm³/mol. The quantitative estimate of drug-likeness (QED) is 0.591. The maximum atomic E-state index is 13.4. The van der Waals surface area contributed by atoms with Gasteiger partial charge in [0.2, 0.25) is 0 Å². The van der Waals surface area contributed by atoms with Crippen molar-refractivity contribution in [1.82, 2.24) is 0 Å². The van der Waals surface area contributed by atoms with E-state index in [2.05, 4.69) is 0 Å². The van der Waals surface area contributed by atoms with Crippen LogP contribution in [0.25, 0.3) is 0 Å². The summed E-state index contributed by atoms with van der Waals surface area (Å²) in [6.07, 6.45) is 0. The number of anilines is 1. The molecule has 0 heterocycles. The maximum absolute atomic E-state index is 13.4. The summed E-state index contributed by atoms with van der Waals surface area (Å²) < 4.78 is 35.1. The van der Waals surface area contributed by atoms with Crippen LogP contribution in [0.1, 0.15) is 0 Å². The fraction of sp³-hybridized carbons (Fsp3) is 0.455. The Kier molecular flexibility index (Phi) is 6.10. The lowest BCUT2D eigenvalue weighted by molar-refractivity contribution is 0.0787. The van der Waals surface area contributed by atoms with Crippen LogP contribution in [0.15, 0.2) is 23.1 Å². The number of nitrogens with two attached hydrogens (primary N) is 1.